The van der Waals surface area contributed by atoms with Crippen LogP contribution in [-0.2, 0) is 9.59 Å². The van der Waals surface area contributed by atoms with Gasteiger partial charge in [-0.25, -0.2) is 0 Å². The molecule has 0 spiro atoms. The summed E-state index contributed by atoms with van der Waals surface area (Å²) in [5.41, 5.74) is 0. The second kappa shape index (κ2) is 21.6. The fourth-order valence-corrected chi connectivity index (χ4v) is 3.63. The van der Waals surface area contributed by atoms with E-state index in [-0.39, 0.29) is 12.5 Å². The molecule has 29 heavy (non-hydrogen) atoms. The Morgan fingerprint density at radius 2 is 1.17 bits per heavy atom. The SMILES string of the molecule is CCCCCCCCCCCCCCCCCC(=O)NCCCN(C)CC(=O)O. The number of carboxylic acids is 1. The minimum Gasteiger partial charge on any atom is -0.480 e. The van der Waals surface area contributed by atoms with Gasteiger partial charge in [-0.15, -0.1) is 0 Å². The maximum absolute atomic E-state index is 11.8. The number of unbranched alkanes of at least 4 members (excludes halogenated alkanes) is 14. The first-order chi connectivity index (χ1) is 14.1. The molecule has 0 rings (SSSR count). The third-order valence-electron chi connectivity index (χ3n) is 5.45. The summed E-state index contributed by atoms with van der Waals surface area (Å²) in [4.78, 5) is 24.1. The third-order valence-corrected chi connectivity index (χ3v) is 5.45. The number of hydrogen-bond donors (Lipinski definition) is 2. The Morgan fingerprint density at radius 1 is 0.724 bits per heavy atom. The van der Waals surface area contributed by atoms with E-state index in [0.29, 0.717) is 19.5 Å². The molecule has 0 saturated heterocycles. The molecule has 2 N–H and O–H groups in total. The van der Waals surface area contributed by atoms with Crippen molar-refractivity contribution in [3.8, 4) is 0 Å². The van der Waals surface area contributed by atoms with Gasteiger partial charge in [0, 0.05) is 19.5 Å². The maximum atomic E-state index is 11.8. The summed E-state index contributed by atoms with van der Waals surface area (Å²) in [7, 11) is 1.78. The zero-order valence-corrected chi connectivity index (χ0v) is 19.4. The summed E-state index contributed by atoms with van der Waals surface area (Å²) >= 11 is 0. The van der Waals surface area contributed by atoms with Crippen molar-refractivity contribution in [2.45, 2.75) is 116 Å². The first-order valence-corrected chi connectivity index (χ1v) is 12.2. The molecule has 0 aromatic rings. The van der Waals surface area contributed by atoms with Gasteiger partial charge in [0.1, 0.15) is 0 Å². The number of amides is 1. The molecule has 0 aromatic heterocycles. The van der Waals surface area contributed by atoms with Crippen LogP contribution in [0.1, 0.15) is 116 Å². The Morgan fingerprint density at radius 3 is 1.62 bits per heavy atom. The summed E-state index contributed by atoms with van der Waals surface area (Å²) in [6, 6.07) is 0. The fourth-order valence-electron chi connectivity index (χ4n) is 3.63. The predicted molar refractivity (Wildman–Crippen MR) is 122 cm³/mol. The smallest absolute Gasteiger partial charge is 0.317 e. The molecule has 0 fully saturated rings. The second-order valence-corrected chi connectivity index (χ2v) is 8.53. The zero-order valence-electron chi connectivity index (χ0n) is 19.4. The highest BCUT2D eigenvalue weighted by molar-refractivity contribution is 5.75. The quantitative estimate of drug-likeness (QED) is 0.221. The summed E-state index contributed by atoms with van der Waals surface area (Å²) in [6.07, 6.45) is 21.4. The Balaban J connectivity index is 3.22. The van der Waals surface area contributed by atoms with E-state index in [4.69, 9.17) is 5.11 Å². The summed E-state index contributed by atoms with van der Waals surface area (Å²) in [5, 5.41) is 11.6. The lowest BCUT2D eigenvalue weighted by molar-refractivity contribution is -0.138. The molecule has 0 atom stereocenters. The molecule has 0 heterocycles. The van der Waals surface area contributed by atoms with Gasteiger partial charge in [-0.2, -0.15) is 0 Å². The normalized spacial score (nSPS) is 11.1. The van der Waals surface area contributed by atoms with E-state index in [2.05, 4.69) is 12.2 Å². The van der Waals surface area contributed by atoms with Crippen LogP contribution in [0.4, 0.5) is 0 Å². The van der Waals surface area contributed by atoms with Crippen molar-refractivity contribution in [1.29, 1.82) is 0 Å². The minimum absolute atomic E-state index is 0.0487. The van der Waals surface area contributed by atoms with Gasteiger partial charge in [-0.05, 0) is 19.9 Å². The highest BCUT2D eigenvalue weighted by Gasteiger charge is 2.04. The topological polar surface area (TPSA) is 69.6 Å². The summed E-state index contributed by atoms with van der Waals surface area (Å²) in [5.74, 6) is -0.690. The maximum Gasteiger partial charge on any atom is 0.317 e. The van der Waals surface area contributed by atoms with Crippen LogP contribution in [-0.4, -0.2) is 48.6 Å². The Bertz CT molecular complexity index is 388. The fraction of sp³-hybridized carbons (Fsp3) is 0.917. The molecule has 0 aliphatic heterocycles. The zero-order chi connectivity index (χ0) is 21.6. The molecule has 172 valence electrons. The van der Waals surface area contributed by atoms with E-state index in [9.17, 15) is 9.59 Å². The number of hydrogen-bond acceptors (Lipinski definition) is 3. The Labute approximate surface area is 180 Å². The molecule has 5 heteroatoms. The van der Waals surface area contributed by atoms with Crippen LogP contribution in [0.5, 0.6) is 0 Å². The van der Waals surface area contributed by atoms with E-state index in [1.807, 2.05) is 0 Å². The predicted octanol–water partition coefficient (Wildman–Crippen LogP) is 5.77. The minimum atomic E-state index is -0.815. The average Bonchev–Trinajstić information content (AvgIpc) is 2.67. The van der Waals surface area contributed by atoms with Crippen molar-refractivity contribution < 1.29 is 14.7 Å². The van der Waals surface area contributed by atoms with Crippen LogP contribution < -0.4 is 5.32 Å². The van der Waals surface area contributed by atoms with Crippen molar-refractivity contribution in [1.82, 2.24) is 10.2 Å². The third kappa shape index (κ3) is 23.0. The van der Waals surface area contributed by atoms with Crippen molar-refractivity contribution >= 4 is 11.9 Å². The molecule has 0 aromatic carbocycles. The molecular weight excluding hydrogens is 364 g/mol. The molecular formula is C24H48N2O3. The molecule has 0 aliphatic carbocycles. The monoisotopic (exact) mass is 412 g/mol. The second-order valence-electron chi connectivity index (χ2n) is 8.53. The molecule has 0 unspecified atom stereocenters. The van der Waals surface area contributed by atoms with Crippen molar-refractivity contribution in [3.63, 3.8) is 0 Å². The van der Waals surface area contributed by atoms with Gasteiger partial charge in [-0.1, -0.05) is 96.8 Å². The molecule has 5 nitrogen and oxygen atoms in total. The summed E-state index contributed by atoms with van der Waals surface area (Å²) in [6.45, 7) is 3.63. The molecule has 0 saturated carbocycles. The number of aliphatic carboxylic acids is 1. The average molecular weight is 413 g/mol. The lowest BCUT2D eigenvalue weighted by Crippen LogP contribution is -2.30. The van der Waals surface area contributed by atoms with E-state index in [1.54, 1.807) is 11.9 Å². The molecule has 1 amide bonds. The van der Waals surface area contributed by atoms with Crippen molar-refractivity contribution in [2.75, 3.05) is 26.7 Å². The molecule has 0 bridgehead atoms. The first-order valence-electron chi connectivity index (χ1n) is 12.2. The van der Waals surface area contributed by atoms with Crippen molar-refractivity contribution in [3.05, 3.63) is 0 Å². The van der Waals surface area contributed by atoms with Crippen LogP contribution >= 0.6 is 0 Å². The number of nitrogens with zero attached hydrogens (tertiary/aromatic N) is 1. The Hall–Kier alpha value is -1.10. The highest BCUT2D eigenvalue weighted by atomic mass is 16.4. The highest BCUT2D eigenvalue weighted by Crippen LogP contribution is 2.13. The van der Waals surface area contributed by atoms with Gasteiger partial charge >= 0.3 is 5.97 Å². The number of carbonyl (C=O) groups is 2. The largest absolute Gasteiger partial charge is 0.480 e. The van der Waals surface area contributed by atoms with Crippen LogP contribution in [0.2, 0.25) is 0 Å². The van der Waals surface area contributed by atoms with Gasteiger partial charge in [0.25, 0.3) is 0 Å². The van der Waals surface area contributed by atoms with Gasteiger partial charge < -0.3 is 10.4 Å². The number of likely N-dealkylation sites (N-methyl/N-ethyl adjacent to an activating group) is 1. The molecule has 0 aliphatic rings. The van der Waals surface area contributed by atoms with Gasteiger partial charge in [0.05, 0.1) is 6.54 Å². The van der Waals surface area contributed by atoms with Gasteiger partial charge in [0.15, 0.2) is 0 Å². The lowest BCUT2D eigenvalue weighted by atomic mass is 10.0. The van der Waals surface area contributed by atoms with Crippen LogP contribution in [0, 0.1) is 0 Å². The molecule has 0 radical (unpaired) electrons. The Kier molecular flexibility index (Phi) is 20.8. The number of carbonyl (C=O) groups excluding carboxylic acids is 1. The number of rotatable bonds is 22. The lowest BCUT2D eigenvalue weighted by Gasteiger charge is -2.13. The van der Waals surface area contributed by atoms with Crippen LogP contribution in [0.25, 0.3) is 0 Å². The van der Waals surface area contributed by atoms with E-state index in [1.165, 1.54) is 83.5 Å². The van der Waals surface area contributed by atoms with Gasteiger partial charge in [0.2, 0.25) is 5.91 Å². The van der Waals surface area contributed by atoms with Crippen molar-refractivity contribution in [2.24, 2.45) is 0 Å². The first kappa shape index (κ1) is 27.9. The van der Waals surface area contributed by atoms with Crippen LogP contribution in [0.3, 0.4) is 0 Å². The van der Waals surface area contributed by atoms with Gasteiger partial charge in [-0.3, -0.25) is 14.5 Å². The number of nitrogens with one attached hydrogen (secondary N) is 1. The van der Waals surface area contributed by atoms with Crippen LogP contribution in [0.15, 0.2) is 0 Å². The standard InChI is InChI=1S/C24H48N2O3/c1-3-4-5-6-7-8-9-10-11-12-13-14-15-16-17-19-23(27)25-20-18-21-26(2)22-24(28)29/h3-22H2,1-2H3,(H,25,27)(H,28,29). The van der Waals surface area contributed by atoms with E-state index in [0.717, 1.165) is 19.3 Å². The number of carboxylic acid groups (broad SMARTS) is 1. The van der Waals surface area contributed by atoms with E-state index >= 15 is 0 Å². The van der Waals surface area contributed by atoms with E-state index < -0.39 is 5.97 Å². The summed E-state index contributed by atoms with van der Waals surface area (Å²) < 4.78 is 0.